The molecule has 1 nitrogen and oxygen atoms in total. The van der Waals surface area contributed by atoms with Gasteiger partial charge in [0.15, 0.2) is 0 Å². The fourth-order valence-corrected chi connectivity index (χ4v) is 4.29. The maximum atomic E-state index is 3.60. The zero-order valence-corrected chi connectivity index (χ0v) is 12.7. The molecule has 1 aliphatic rings. The molecule has 1 fully saturated rings. The first-order chi connectivity index (χ1) is 8.31. The lowest BCUT2D eigenvalue weighted by Gasteiger charge is -2.18. The molecule has 17 heavy (non-hydrogen) atoms. The van der Waals surface area contributed by atoms with Crippen LogP contribution in [0.1, 0.15) is 25.7 Å². The summed E-state index contributed by atoms with van der Waals surface area (Å²) in [6, 6.07) is 9.25. The van der Waals surface area contributed by atoms with Gasteiger partial charge in [-0.2, -0.15) is 0 Å². The number of benzene rings is 1. The van der Waals surface area contributed by atoms with E-state index >= 15 is 0 Å². The molecule has 1 aliphatic carbocycles. The van der Waals surface area contributed by atoms with E-state index in [1.165, 1.54) is 40.8 Å². The molecular weight excluding hydrogens is 294 g/mol. The van der Waals surface area contributed by atoms with Crippen molar-refractivity contribution in [2.24, 2.45) is 5.92 Å². The third-order valence-electron chi connectivity index (χ3n) is 3.61. The molecule has 0 saturated heterocycles. The molecule has 1 saturated carbocycles. The van der Waals surface area contributed by atoms with Crippen molar-refractivity contribution >= 4 is 27.7 Å². The minimum Gasteiger partial charge on any atom is -0.317 e. The van der Waals surface area contributed by atoms with Crippen molar-refractivity contribution in [1.29, 1.82) is 0 Å². The predicted molar refractivity (Wildman–Crippen MR) is 79.7 cm³/mol. The summed E-state index contributed by atoms with van der Waals surface area (Å²) in [5.74, 6) is 2.11. The first-order valence-corrected chi connectivity index (χ1v) is 8.13. The largest absolute Gasteiger partial charge is 0.317 e. The van der Waals surface area contributed by atoms with Crippen LogP contribution in [0.5, 0.6) is 0 Å². The maximum Gasteiger partial charge on any atom is 0.0311 e. The van der Waals surface area contributed by atoms with Gasteiger partial charge in [-0.25, -0.2) is 0 Å². The van der Waals surface area contributed by atoms with E-state index in [1.807, 2.05) is 11.8 Å². The molecule has 2 unspecified atom stereocenters. The van der Waals surface area contributed by atoms with Crippen molar-refractivity contribution in [1.82, 2.24) is 5.32 Å². The fraction of sp³-hybridized carbons (Fsp3) is 0.571. The fourth-order valence-electron chi connectivity index (χ4n) is 2.64. The van der Waals surface area contributed by atoms with Gasteiger partial charge in [0.25, 0.3) is 0 Å². The SMILES string of the molecule is CNC1CCCC1CCSc1ccccc1Br. The summed E-state index contributed by atoms with van der Waals surface area (Å²) >= 11 is 5.57. The summed E-state index contributed by atoms with van der Waals surface area (Å²) in [7, 11) is 2.10. The van der Waals surface area contributed by atoms with Crippen LogP contribution in [-0.2, 0) is 0 Å². The average molecular weight is 314 g/mol. The van der Waals surface area contributed by atoms with Crippen LogP contribution in [0.15, 0.2) is 33.6 Å². The van der Waals surface area contributed by atoms with Crippen molar-refractivity contribution < 1.29 is 0 Å². The smallest absolute Gasteiger partial charge is 0.0311 e. The van der Waals surface area contributed by atoms with Crippen molar-refractivity contribution in [3.05, 3.63) is 28.7 Å². The van der Waals surface area contributed by atoms with E-state index in [1.54, 1.807) is 0 Å². The lowest BCUT2D eigenvalue weighted by atomic mass is 10.0. The highest BCUT2D eigenvalue weighted by Crippen LogP contribution is 2.32. The third-order valence-corrected chi connectivity index (χ3v) is 5.67. The Labute approximate surface area is 117 Å². The summed E-state index contributed by atoms with van der Waals surface area (Å²) in [5, 5.41) is 3.46. The molecule has 0 amide bonds. The van der Waals surface area contributed by atoms with Gasteiger partial charge in [0.1, 0.15) is 0 Å². The number of thioether (sulfide) groups is 1. The van der Waals surface area contributed by atoms with Crippen LogP contribution in [0, 0.1) is 5.92 Å². The van der Waals surface area contributed by atoms with E-state index in [4.69, 9.17) is 0 Å². The second-order valence-corrected chi connectivity index (χ2v) is 6.64. The summed E-state index contributed by atoms with van der Waals surface area (Å²) < 4.78 is 1.22. The molecule has 0 bridgehead atoms. The van der Waals surface area contributed by atoms with Gasteiger partial charge in [-0.3, -0.25) is 0 Å². The Kier molecular flexibility index (Phi) is 5.39. The van der Waals surface area contributed by atoms with Gasteiger partial charge in [-0.15, -0.1) is 11.8 Å². The highest BCUT2D eigenvalue weighted by Gasteiger charge is 2.25. The van der Waals surface area contributed by atoms with E-state index in [2.05, 4.69) is 52.6 Å². The number of hydrogen-bond acceptors (Lipinski definition) is 2. The molecule has 2 atom stereocenters. The molecule has 1 aromatic carbocycles. The van der Waals surface area contributed by atoms with E-state index in [0.717, 1.165) is 12.0 Å². The van der Waals surface area contributed by atoms with Crippen molar-refractivity contribution in [2.75, 3.05) is 12.8 Å². The Morgan fingerprint density at radius 2 is 2.18 bits per heavy atom. The second kappa shape index (κ2) is 6.81. The van der Waals surface area contributed by atoms with Gasteiger partial charge in [0, 0.05) is 15.4 Å². The standard InChI is InChI=1S/C14H20BrNS/c1-16-13-7-4-5-11(13)9-10-17-14-8-3-2-6-12(14)15/h2-3,6,8,11,13,16H,4-5,7,9-10H2,1H3. The van der Waals surface area contributed by atoms with Crippen LogP contribution in [0.3, 0.4) is 0 Å². The van der Waals surface area contributed by atoms with Crippen molar-refractivity contribution in [3.8, 4) is 0 Å². The molecule has 0 radical (unpaired) electrons. The van der Waals surface area contributed by atoms with Crippen molar-refractivity contribution in [2.45, 2.75) is 36.6 Å². The number of nitrogens with one attached hydrogen (secondary N) is 1. The highest BCUT2D eigenvalue weighted by atomic mass is 79.9. The second-order valence-electron chi connectivity index (χ2n) is 4.65. The zero-order chi connectivity index (χ0) is 12.1. The quantitative estimate of drug-likeness (QED) is 0.812. The van der Waals surface area contributed by atoms with Gasteiger partial charge >= 0.3 is 0 Å². The molecule has 0 aliphatic heterocycles. The van der Waals surface area contributed by atoms with Gasteiger partial charge < -0.3 is 5.32 Å². The maximum absolute atomic E-state index is 3.60. The topological polar surface area (TPSA) is 12.0 Å². The summed E-state index contributed by atoms with van der Waals surface area (Å²) in [4.78, 5) is 1.37. The van der Waals surface area contributed by atoms with E-state index in [9.17, 15) is 0 Å². The van der Waals surface area contributed by atoms with Gasteiger partial charge in [-0.1, -0.05) is 18.6 Å². The molecule has 0 spiro atoms. The van der Waals surface area contributed by atoms with Gasteiger partial charge in [0.2, 0.25) is 0 Å². The Hall–Kier alpha value is 0.01000. The summed E-state index contributed by atoms with van der Waals surface area (Å²) in [5.41, 5.74) is 0. The molecule has 0 aromatic heterocycles. The molecule has 2 rings (SSSR count). The minimum atomic E-state index is 0.759. The number of halogens is 1. The van der Waals surface area contributed by atoms with Crippen LogP contribution in [0.25, 0.3) is 0 Å². The number of rotatable bonds is 5. The number of hydrogen-bond donors (Lipinski definition) is 1. The zero-order valence-electron chi connectivity index (χ0n) is 10.3. The lowest BCUT2D eigenvalue weighted by Crippen LogP contribution is -2.29. The Morgan fingerprint density at radius 1 is 1.35 bits per heavy atom. The van der Waals surface area contributed by atoms with E-state index in [-0.39, 0.29) is 0 Å². The van der Waals surface area contributed by atoms with Crippen molar-refractivity contribution in [3.63, 3.8) is 0 Å². The van der Waals surface area contributed by atoms with E-state index < -0.39 is 0 Å². The van der Waals surface area contributed by atoms with Crippen LogP contribution in [0.4, 0.5) is 0 Å². The first kappa shape index (κ1) is 13.4. The Bertz CT molecular complexity index is 356. The lowest BCUT2D eigenvalue weighted by molar-refractivity contribution is 0.417. The molecule has 3 heteroatoms. The predicted octanol–water partition coefficient (Wildman–Crippen LogP) is 4.32. The minimum absolute atomic E-state index is 0.759. The van der Waals surface area contributed by atoms with Crippen LogP contribution >= 0.6 is 27.7 Å². The Balaban J connectivity index is 1.78. The molecule has 1 N–H and O–H groups in total. The highest BCUT2D eigenvalue weighted by molar-refractivity contribution is 9.10. The summed E-state index contributed by atoms with van der Waals surface area (Å²) in [6.45, 7) is 0. The average Bonchev–Trinajstić information content (AvgIpc) is 2.79. The first-order valence-electron chi connectivity index (χ1n) is 6.36. The monoisotopic (exact) mass is 313 g/mol. The molecule has 1 aromatic rings. The molecule has 0 heterocycles. The molecular formula is C14H20BrNS. The van der Waals surface area contributed by atoms with Crippen LogP contribution in [-0.4, -0.2) is 18.8 Å². The normalized spacial score (nSPS) is 24.1. The Morgan fingerprint density at radius 3 is 2.94 bits per heavy atom. The van der Waals surface area contributed by atoms with E-state index in [0.29, 0.717) is 0 Å². The molecule has 94 valence electrons. The van der Waals surface area contributed by atoms with Gasteiger partial charge in [0.05, 0.1) is 0 Å². The van der Waals surface area contributed by atoms with Crippen LogP contribution in [0.2, 0.25) is 0 Å². The third kappa shape index (κ3) is 3.73. The van der Waals surface area contributed by atoms with Gasteiger partial charge in [-0.05, 0) is 66.0 Å². The van der Waals surface area contributed by atoms with Crippen LogP contribution < -0.4 is 5.32 Å². The summed E-state index contributed by atoms with van der Waals surface area (Å²) in [6.07, 6.45) is 5.50.